The van der Waals surface area contributed by atoms with Gasteiger partial charge in [-0.25, -0.2) is 17.6 Å². The molecule has 1 aromatic carbocycles. The molecule has 1 aromatic heterocycles. The Morgan fingerprint density at radius 1 is 1.45 bits per heavy atom. The summed E-state index contributed by atoms with van der Waals surface area (Å²) in [4.78, 5) is 10.6. The molecule has 0 spiro atoms. The van der Waals surface area contributed by atoms with Crippen molar-refractivity contribution in [2.24, 2.45) is 0 Å². The van der Waals surface area contributed by atoms with Gasteiger partial charge in [-0.1, -0.05) is 4.49 Å². The summed E-state index contributed by atoms with van der Waals surface area (Å²) in [5, 5.41) is 12.5. The highest BCUT2D eigenvalue weighted by atomic mass is 32.2. The number of rotatable bonds is 4. The third-order valence-corrected chi connectivity index (χ3v) is 4.42. The molecule has 0 bridgehead atoms. The number of aromatic carboxylic acids is 1. The van der Waals surface area contributed by atoms with Crippen molar-refractivity contribution in [3.05, 3.63) is 35.3 Å². The molecule has 106 valence electrons. The van der Waals surface area contributed by atoms with Crippen LogP contribution in [0.5, 0.6) is 0 Å². The van der Waals surface area contributed by atoms with E-state index in [-0.39, 0.29) is 15.5 Å². The van der Waals surface area contributed by atoms with Crippen molar-refractivity contribution in [2.75, 3.05) is 4.72 Å². The van der Waals surface area contributed by atoms with Crippen LogP contribution in [-0.2, 0) is 10.0 Å². The van der Waals surface area contributed by atoms with Gasteiger partial charge in [0.25, 0.3) is 10.0 Å². The summed E-state index contributed by atoms with van der Waals surface area (Å²) in [7, 11) is -4.03. The minimum atomic E-state index is -4.03. The zero-order valence-corrected chi connectivity index (χ0v) is 11.6. The topological polar surface area (TPSA) is 109 Å². The van der Waals surface area contributed by atoms with Crippen LogP contribution in [0.25, 0.3) is 0 Å². The quantitative estimate of drug-likeness (QED) is 0.884. The molecule has 2 N–H and O–H groups in total. The van der Waals surface area contributed by atoms with Crippen LogP contribution in [0.2, 0.25) is 0 Å². The second-order valence-corrected chi connectivity index (χ2v) is 6.26. The number of anilines is 1. The Morgan fingerprint density at radius 3 is 2.70 bits per heavy atom. The van der Waals surface area contributed by atoms with E-state index in [0.29, 0.717) is 0 Å². The molecule has 20 heavy (non-hydrogen) atoms. The minimum Gasteiger partial charge on any atom is -0.478 e. The molecular weight excluding hydrogens is 309 g/mol. The largest absolute Gasteiger partial charge is 0.478 e. The van der Waals surface area contributed by atoms with Crippen LogP contribution >= 0.6 is 11.5 Å². The Balaban J connectivity index is 2.49. The number of hydrogen-bond acceptors (Lipinski definition) is 6. The Morgan fingerprint density at radius 2 is 2.15 bits per heavy atom. The van der Waals surface area contributed by atoms with Crippen LogP contribution in [0.1, 0.15) is 15.9 Å². The van der Waals surface area contributed by atoms with Crippen LogP contribution in [0.3, 0.4) is 0 Å². The number of nitrogens with zero attached hydrogens (tertiary/aromatic N) is 2. The first kappa shape index (κ1) is 14.3. The highest BCUT2D eigenvalue weighted by Crippen LogP contribution is 2.22. The monoisotopic (exact) mass is 317 g/mol. The first-order valence-electron chi connectivity index (χ1n) is 5.15. The molecule has 0 aliphatic heterocycles. The number of hydrogen-bond donors (Lipinski definition) is 2. The molecular formula is C10H8FN3O4S2. The van der Waals surface area contributed by atoms with E-state index in [4.69, 9.17) is 5.11 Å². The molecule has 7 nitrogen and oxygen atoms in total. The number of aryl methyl sites for hydroxylation is 1. The summed E-state index contributed by atoms with van der Waals surface area (Å²) in [6.45, 7) is 1.29. The van der Waals surface area contributed by atoms with Gasteiger partial charge in [-0.05, 0) is 24.6 Å². The Bertz CT molecular complexity index is 759. The number of sulfonamides is 1. The van der Waals surface area contributed by atoms with Crippen molar-refractivity contribution < 1.29 is 22.7 Å². The highest BCUT2D eigenvalue weighted by molar-refractivity contribution is 7.93. The number of carboxylic acids is 1. The minimum absolute atomic E-state index is 0.0762. The molecule has 0 aliphatic rings. The summed E-state index contributed by atoms with van der Waals surface area (Å²) in [6.07, 6.45) is 1.21. The lowest BCUT2D eigenvalue weighted by Crippen LogP contribution is -2.14. The van der Waals surface area contributed by atoms with Crippen molar-refractivity contribution in [3.8, 4) is 0 Å². The predicted molar refractivity (Wildman–Crippen MR) is 68.8 cm³/mol. The summed E-state index contributed by atoms with van der Waals surface area (Å²) in [5.74, 6) is -2.50. The molecule has 0 radical (unpaired) electrons. The lowest BCUT2D eigenvalue weighted by atomic mass is 10.1. The Labute approximate surface area is 117 Å². The molecule has 0 atom stereocenters. The van der Waals surface area contributed by atoms with E-state index < -0.39 is 27.4 Å². The molecule has 2 rings (SSSR count). The highest BCUT2D eigenvalue weighted by Gasteiger charge is 2.21. The fraction of sp³-hybridized carbons (Fsp3) is 0.100. The lowest BCUT2D eigenvalue weighted by molar-refractivity contribution is 0.0691. The van der Waals surface area contributed by atoms with Gasteiger partial charge in [-0.15, -0.1) is 5.10 Å². The van der Waals surface area contributed by atoms with E-state index in [0.717, 1.165) is 23.7 Å². The summed E-state index contributed by atoms with van der Waals surface area (Å²) in [5.41, 5.74) is -0.777. The van der Waals surface area contributed by atoms with E-state index in [1.54, 1.807) is 0 Å². The Kier molecular flexibility index (Phi) is 3.68. The first-order chi connectivity index (χ1) is 9.31. The van der Waals surface area contributed by atoms with Crippen LogP contribution in [0.4, 0.5) is 9.39 Å². The van der Waals surface area contributed by atoms with Crippen molar-refractivity contribution in [1.82, 2.24) is 9.59 Å². The van der Waals surface area contributed by atoms with Crippen molar-refractivity contribution in [3.63, 3.8) is 0 Å². The maximum absolute atomic E-state index is 13.6. The number of aromatic nitrogens is 2. The summed E-state index contributed by atoms with van der Waals surface area (Å²) in [6, 6.07) is 1.82. The van der Waals surface area contributed by atoms with Crippen LogP contribution < -0.4 is 4.72 Å². The fourth-order valence-corrected chi connectivity index (χ4v) is 3.25. The number of benzene rings is 1. The average molecular weight is 317 g/mol. The Hall–Kier alpha value is -2.07. The number of carboxylic acid groups (broad SMARTS) is 1. The van der Waals surface area contributed by atoms with Gasteiger partial charge in [0.05, 0.1) is 16.7 Å². The second-order valence-electron chi connectivity index (χ2n) is 3.79. The molecule has 0 unspecified atom stereocenters. The zero-order chi connectivity index (χ0) is 14.9. The average Bonchev–Trinajstić information content (AvgIpc) is 2.83. The second kappa shape index (κ2) is 5.13. The third kappa shape index (κ3) is 2.75. The van der Waals surface area contributed by atoms with Gasteiger partial charge in [0.2, 0.25) is 0 Å². The summed E-state index contributed by atoms with van der Waals surface area (Å²) >= 11 is 0.821. The van der Waals surface area contributed by atoms with Gasteiger partial charge in [0.1, 0.15) is 10.8 Å². The molecule has 0 fully saturated rings. The standard InChI is InChI=1S/C10H8FN3O4S2/c1-5-2-6(3-7(9(5)11)10(15)16)20(17,18)13-8-4-12-14-19-8/h2-4,13H,1H3,(H,15,16). The third-order valence-electron chi connectivity index (χ3n) is 2.37. The van der Waals surface area contributed by atoms with Crippen molar-refractivity contribution >= 4 is 32.5 Å². The lowest BCUT2D eigenvalue weighted by Gasteiger charge is -2.08. The summed E-state index contributed by atoms with van der Waals surface area (Å²) < 4.78 is 43.4. The normalized spacial score (nSPS) is 11.3. The number of halogens is 1. The van der Waals surface area contributed by atoms with Crippen LogP contribution in [-0.4, -0.2) is 29.1 Å². The van der Waals surface area contributed by atoms with Gasteiger partial charge < -0.3 is 5.11 Å². The van der Waals surface area contributed by atoms with Gasteiger partial charge in [-0.2, -0.15) is 0 Å². The first-order valence-corrected chi connectivity index (χ1v) is 7.40. The number of carbonyl (C=O) groups is 1. The molecule has 0 aliphatic carbocycles. The fourth-order valence-electron chi connectivity index (χ4n) is 1.45. The molecule has 0 saturated heterocycles. The van der Waals surface area contributed by atoms with Crippen LogP contribution in [0, 0.1) is 12.7 Å². The molecule has 2 aromatic rings. The van der Waals surface area contributed by atoms with E-state index in [1.165, 1.54) is 13.1 Å². The zero-order valence-electron chi connectivity index (χ0n) is 9.99. The maximum Gasteiger partial charge on any atom is 0.338 e. The van der Waals surface area contributed by atoms with E-state index in [9.17, 15) is 17.6 Å². The van der Waals surface area contributed by atoms with Gasteiger partial charge in [0.15, 0.2) is 0 Å². The van der Waals surface area contributed by atoms with Gasteiger partial charge >= 0.3 is 5.97 Å². The predicted octanol–water partition coefficient (Wildman–Crippen LogP) is 1.48. The van der Waals surface area contributed by atoms with Crippen molar-refractivity contribution in [1.29, 1.82) is 0 Å². The number of nitrogens with one attached hydrogen (secondary N) is 1. The molecule has 10 heteroatoms. The van der Waals surface area contributed by atoms with E-state index in [1.807, 2.05) is 0 Å². The van der Waals surface area contributed by atoms with E-state index >= 15 is 0 Å². The maximum atomic E-state index is 13.6. The van der Waals surface area contributed by atoms with Crippen molar-refractivity contribution in [2.45, 2.75) is 11.8 Å². The smallest absolute Gasteiger partial charge is 0.338 e. The molecule has 1 heterocycles. The van der Waals surface area contributed by atoms with Crippen LogP contribution in [0.15, 0.2) is 23.2 Å². The molecule has 0 amide bonds. The van der Waals surface area contributed by atoms with Gasteiger partial charge in [0, 0.05) is 11.5 Å². The SMILES string of the molecule is Cc1cc(S(=O)(=O)Nc2cnns2)cc(C(=O)O)c1F. The van der Waals surface area contributed by atoms with Gasteiger partial charge in [-0.3, -0.25) is 4.72 Å². The molecule has 0 saturated carbocycles. The van der Waals surface area contributed by atoms with E-state index in [2.05, 4.69) is 14.3 Å².